The summed E-state index contributed by atoms with van der Waals surface area (Å²) in [6.45, 7) is 0.344. The molecule has 0 aliphatic rings. The van der Waals surface area contributed by atoms with Gasteiger partial charge in [-0.25, -0.2) is 0 Å². The summed E-state index contributed by atoms with van der Waals surface area (Å²) in [7, 11) is 3.26. The lowest BCUT2D eigenvalue weighted by atomic mass is 10.1. The maximum Gasteiger partial charge on any atom is 0.180 e. The molecule has 0 fully saturated rings. The van der Waals surface area contributed by atoms with E-state index >= 15 is 0 Å². The van der Waals surface area contributed by atoms with Crippen molar-refractivity contribution in [3.8, 4) is 17.2 Å². The summed E-state index contributed by atoms with van der Waals surface area (Å²) in [5.74, 6) is 2.95. The van der Waals surface area contributed by atoms with Crippen molar-refractivity contribution in [3.05, 3.63) is 89.5 Å². The van der Waals surface area contributed by atoms with Crippen LogP contribution in [0, 0.1) is 0 Å². The molecule has 0 unspecified atom stereocenters. The van der Waals surface area contributed by atoms with Crippen molar-refractivity contribution in [3.63, 3.8) is 0 Å². The number of rotatable bonds is 9. The molecule has 0 atom stereocenters. The van der Waals surface area contributed by atoms with Crippen molar-refractivity contribution in [2.45, 2.75) is 12.4 Å². The summed E-state index contributed by atoms with van der Waals surface area (Å²) in [4.78, 5) is 0. The molecule has 0 heterocycles. The molecule has 6 nitrogen and oxygen atoms in total. The van der Waals surface area contributed by atoms with Crippen molar-refractivity contribution < 1.29 is 14.2 Å². The second-order valence-electron chi connectivity index (χ2n) is 6.50. The molecule has 0 saturated carbocycles. The highest BCUT2D eigenvalue weighted by atomic mass is 32.2. The second-order valence-corrected chi connectivity index (χ2v) is 7.49. The molecule has 0 aliphatic carbocycles. The number of nitrogens with zero attached hydrogens (tertiary/aromatic N) is 2. The minimum atomic E-state index is 0.344. The zero-order chi connectivity index (χ0) is 21.9. The van der Waals surface area contributed by atoms with Crippen LogP contribution in [0.1, 0.15) is 16.7 Å². The number of nitrogens with two attached hydrogens (primary N) is 1. The first kappa shape index (κ1) is 22.2. The van der Waals surface area contributed by atoms with E-state index < -0.39 is 0 Å². The normalized spacial score (nSPS) is 11.5. The zero-order valence-electron chi connectivity index (χ0n) is 17.5. The number of ether oxygens (including phenoxy) is 3. The molecule has 2 N–H and O–H groups in total. The average molecular weight is 436 g/mol. The van der Waals surface area contributed by atoms with E-state index in [4.69, 9.17) is 19.9 Å². The Labute approximate surface area is 186 Å². The lowest BCUT2D eigenvalue weighted by Crippen LogP contribution is -2.06. The van der Waals surface area contributed by atoms with Gasteiger partial charge in [0.1, 0.15) is 23.9 Å². The molecule has 0 saturated heterocycles. The van der Waals surface area contributed by atoms with Crippen LogP contribution in [0.5, 0.6) is 17.2 Å². The minimum Gasteiger partial charge on any atom is -0.497 e. The second kappa shape index (κ2) is 11.7. The number of methoxy groups -OCH3 is 2. The molecule has 31 heavy (non-hydrogen) atoms. The fraction of sp³-hybridized carbons (Fsp3) is 0.167. The van der Waals surface area contributed by atoms with E-state index in [0.717, 1.165) is 28.4 Å². The van der Waals surface area contributed by atoms with Crippen molar-refractivity contribution >= 4 is 23.1 Å². The van der Waals surface area contributed by atoms with E-state index in [-0.39, 0.29) is 0 Å². The molecule has 160 valence electrons. The smallest absolute Gasteiger partial charge is 0.180 e. The Morgan fingerprint density at radius 3 is 2.52 bits per heavy atom. The number of hydrogen-bond acceptors (Lipinski definition) is 6. The van der Waals surface area contributed by atoms with Crippen LogP contribution in [-0.2, 0) is 12.4 Å². The van der Waals surface area contributed by atoms with Gasteiger partial charge in [-0.3, -0.25) is 0 Å². The van der Waals surface area contributed by atoms with E-state index in [1.54, 1.807) is 20.4 Å². The first-order valence-electron chi connectivity index (χ1n) is 9.65. The number of hydrogen-bond donors (Lipinski definition) is 1. The van der Waals surface area contributed by atoms with Crippen LogP contribution >= 0.6 is 11.8 Å². The van der Waals surface area contributed by atoms with Crippen LogP contribution < -0.4 is 19.9 Å². The maximum atomic E-state index is 5.95. The Kier molecular flexibility index (Phi) is 8.37. The molecule has 0 amide bonds. The van der Waals surface area contributed by atoms with Crippen molar-refractivity contribution in [1.82, 2.24) is 0 Å². The number of amidine groups is 1. The lowest BCUT2D eigenvalue weighted by Gasteiger charge is -2.11. The van der Waals surface area contributed by atoms with Crippen LogP contribution in [0.2, 0.25) is 0 Å². The topological polar surface area (TPSA) is 78.4 Å². The van der Waals surface area contributed by atoms with Crippen LogP contribution in [-0.4, -0.2) is 25.6 Å². The third-order valence-electron chi connectivity index (χ3n) is 4.33. The molecule has 0 aliphatic heterocycles. The Morgan fingerprint density at radius 2 is 1.74 bits per heavy atom. The highest BCUT2D eigenvalue weighted by Gasteiger charge is 2.06. The molecular formula is C24H25N3O3S. The molecule has 7 heteroatoms. The predicted octanol–water partition coefficient (Wildman–Crippen LogP) is 4.86. The van der Waals surface area contributed by atoms with Gasteiger partial charge in [0.2, 0.25) is 0 Å². The molecule has 0 bridgehead atoms. The molecule has 3 rings (SSSR count). The zero-order valence-corrected chi connectivity index (χ0v) is 18.3. The van der Waals surface area contributed by atoms with Crippen LogP contribution in [0.25, 0.3) is 0 Å². The third-order valence-corrected chi connectivity index (χ3v) is 5.19. The van der Waals surface area contributed by atoms with Crippen LogP contribution in [0.15, 0.2) is 83.0 Å². The van der Waals surface area contributed by atoms with Gasteiger partial charge in [0.05, 0.1) is 20.4 Å². The summed E-state index contributed by atoms with van der Waals surface area (Å²) in [5, 5.41) is 8.59. The van der Waals surface area contributed by atoms with E-state index in [9.17, 15) is 0 Å². The van der Waals surface area contributed by atoms with Crippen LogP contribution in [0.3, 0.4) is 0 Å². The highest BCUT2D eigenvalue weighted by Crippen LogP contribution is 2.24. The van der Waals surface area contributed by atoms with Gasteiger partial charge in [0.15, 0.2) is 5.17 Å². The standard InChI is InChI=1S/C24H25N3O3S/c1-28-21-9-6-10-22(14-21)30-16-20-13-19(11-12-23(20)29-2)15-26-27-24(25)31-17-18-7-4-3-5-8-18/h3-15H,16-17H2,1-2H3,(H2,25,27). The van der Waals surface area contributed by atoms with Gasteiger partial charge in [-0.1, -0.05) is 48.2 Å². The van der Waals surface area contributed by atoms with Gasteiger partial charge in [-0.15, -0.1) is 5.10 Å². The van der Waals surface area contributed by atoms with Crippen molar-refractivity contribution in [2.24, 2.45) is 15.9 Å². The van der Waals surface area contributed by atoms with Gasteiger partial charge >= 0.3 is 0 Å². The van der Waals surface area contributed by atoms with E-state index in [1.807, 2.05) is 60.7 Å². The molecule has 3 aromatic carbocycles. The number of benzene rings is 3. The van der Waals surface area contributed by atoms with Gasteiger partial charge in [-0.2, -0.15) is 5.10 Å². The fourth-order valence-electron chi connectivity index (χ4n) is 2.76. The van der Waals surface area contributed by atoms with E-state index in [0.29, 0.717) is 17.5 Å². The molecule has 0 spiro atoms. The molecule has 0 radical (unpaired) electrons. The van der Waals surface area contributed by atoms with Gasteiger partial charge in [0.25, 0.3) is 0 Å². The van der Waals surface area contributed by atoms with Gasteiger partial charge in [-0.05, 0) is 41.5 Å². The van der Waals surface area contributed by atoms with E-state index in [2.05, 4.69) is 22.3 Å². The average Bonchev–Trinajstić information content (AvgIpc) is 2.82. The van der Waals surface area contributed by atoms with Crippen molar-refractivity contribution in [1.29, 1.82) is 0 Å². The van der Waals surface area contributed by atoms with Gasteiger partial charge in [0, 0.05) is 17.4 Å². The Bertz CT molecular complexity index is 1040. The predicted molar refractivity (Wildman–Crippen MR) is 127 cm³/mol. The number of thioether (sulfide) groups is 1. The Balaban J connectivity index is 1.62. The maximum absolute atomic E-state index is 5.95. The summed E-state index contributed by atoms with van der Waals surface area (Å²) in [5.41, 5.74) is 8.89. The fourth-order valence-corrected chi connectivity index (χ4v) is 3.37. The minimum absolute atomic E-state index is 0.344. The van der Waals surface area contributed by atoms with Gasteiger partial charge < -0.3 is 19.9 Å². The Morgan fingerprint density at radius 1 is 0.935 bits per heavy atom. The third kappa shape index (κ3) is 7.08. The largest absolute Gasteiger partial charge is 0.497 e. The summed E-state index contributed by atoms with van der Waals surface area (Å²) >= 11 is 1.45. The quantitative estimate of drug-likeness (QED) is 0.295. The van der Waals surface area contributed by atoms with Crippen LogP contribution in [0.4, 0.5) is 0 Å². The first-order chi connectivity index (χ1) is 15.2. The monoisotopic (exact) mass is 435 g/mol. The van der Waals surface area contributed by atoms with Crippen molar-refractivity contribution in [2.75, 3.05) is 14.2 Å². The first-order valence-corrected chi connectivity index (χ1v) is 10.6. The summed E-state index contributed by atoms with van der Waals surface area (Å²) in [6, 6.07) is 23.3. The lowest BCUT2D eigenvalue weighted by molar-refractivity contribution is 0.294. The Hall–Kier alpha value is -3.45. The summed E-state index contributed by atoms with van der Waals surface area (Å²) in [6.07, 6.45) is 1.66. The highest BCUT2D eigenvalue weighted by molar-refractivity contribution is 8.13. The summed E-state index contributed by atoms with van der Waals surface area (Å²) < 4.78 is 16.6. The van der Waals surface area contributed by atoms with E-state index in [1.165, 1.54) is 17.3 Å². The molecular weight excluding hydrogens is 410 g/mol. The molecule has 0 aromatic heterocycles. The SMILES string of the molecule is COc1cccc(OCc2cc(C=NN=C(N)SCc3ccccc3)ccc2OC)c1. The molecule has 3 aromatic rings.